The van der Waals surface area contributed by atoms with Crippen LogP contribution in [0.3, 0.4) is 0 Å². The van der Waals surface area contributed by atoms with E-state index < -0.39 is 0 Å². The van der Waals surface area contributed by atoms with Crippen LogP contribution in [0.1, 0.15) is 47.8 Å². The van der Waals surface area contributed by atoms with Gasteiger partial charge in [0, 0.05) is 15.8 Å². The smallest absolute Gasteiger partial charge is 0.252 e. The number of hydrogen-bond donors (Lipinski definition) is 2. The zero-order chi connectivity index (χ0) is 20.2. The summed E-state index contributed by atoms with van der Waals surface area (Å²) in [5.41, 5.74) is 0.628. The van der Waals surface area contributed by atoms with Gasteiger partial charge in [-0.3, -0.25) is 9.59 Å². The highest BCUT2D eigenvalue weighted by Crippen LogP contribution is 2.49. The molecule has 2 saturated carbocycles. The molecule has 2 aliphatic rings. The Bertz CT molecular complexity index is 852. The lowest BCUT2D eigenvalue weighted by molar-refractivity contribution is -0.119. The molecule has 2 fully saturated rings. The molecule has 4 rings (SSSR count). The number of nitrogens with one attached hydrogen (secondary N) is 2. The first-order valence-corrected chi connectivity index (χ1v) is 12.3. The van der Waals surface area contributed by atoms with Crippen LogP contribution < -0.4 is 10.6 Å². The third-order valence-electron chi connectivity index (χ3n) is 6.32. The third kappa shape index (κ3) is 5.04. The van der Waals surface area contributed by atoms with E-state index in [1.807, 2.05) is 41.8 Å². The fraction of sp³-hybridized carbons (Fsp3) is 0.478. The summed E-state index contributed by atoms with van der Waals surface area (Å²) < 4.78 is 0. The second-order valence-corrected chi connectivity index (χ2v) is 10.3. The first-order valence-electron chi connectivity index (χ1n) is 10.4. The number of rotatable bonds is 8. The van der Waals surface area contributed by atoms with Gasteiger partial charge in [-0.25, -0.2) is 0 Å². The van der Waals surface area contributed by atoms with Crippen molar-refractivity contribution in [3.05, 3.63) is 52.2 Å². The minimum atomic E-state index is -0.0998. The molecule has 154 valence electrons. The SMILES string of the molecule is C[C@H](NC(=O)CSc1ccccc1C(=O)NCc1cccs1)[C@H]1C[C@H]2CC[C@H]1C2. The van der Waals surface area contributed by atoms with E-state index in [0.717, 1.165) is 21.6 Å². The van der Waals surface area contributed by atoms with Gasteiger partial charge in [-0.1, -0.05) is 24.6 Å². The lowest BCUT2D eigenvalue weighted by Crippen LogP contribution is -2.40. The maximum Gasteiger partial charge on any atom is 0.252 e. The second-order valence-electron chi connectivity index (χ2n) is 8.24. The first-order chi connectivity index (χ1) is 14.1. The molecule has 0 unspecified atom stereocenters. The standard InChI is InChI=1S/C23H28N2O2S2/c1-15(20-12-16-8-9-17(20)11-16)25-22(26)14-29-21-7-3-2-6-19(21)23(27)24-13-18-5-4-10-28-18/h2-7,10,15-17,20H,8-9,11-14H2,1H3,(H,24,27)(H,25,26)/t15-,16-,17-,20+/m0/s1. The topological polar surface area (TPSA) is 58.2 Å². The maximum atomic E-state index is 12.6. The van der Waals surface area contributed by atoms with Crippen LogP contribution in [0.15, 0.2) is 46.7 Å². The number of thiophene rings is 1. The minimum Gasteiger partial charge on any atom is -0.353 e. The zero-order valence-corrected chi connectivity index (χ0v) is 18.4. The molecule has 4 atom stereocenters. The molecule has 0 saturated heterocycles. The van der Waals surface area contributed by atoms with Crippen molar-refractivity contribution in [1.82, 2.24) is 10.6 Å². The van der Waals surface area contributed by atoms with Gasteiger partial charge < -0.3 is 10.6 Å². The lowest BCUT2D eigenvalue weighted by Gasteiger charge is -2.28. The Hall–Kier alpha value is -1.79. The number of thioether (sulfide) groups is 1. The van der Waals surface area contributed by atoms with Gasteiger partial charge in [0.25, 0.3) is 5.91 Å². The highest BCUT2D eigenvalue weighted by atomic mass is 32.2. The third-order valence-corrected chi connectivity index (χ3v) is 8.27. The first kappa shape index (κ1) is 20.5. The van der Waals surface area contributed by atoms with Gasteiger partial charge in [0.1, 0.15) is 0 Å². The van der Waals surface area contributed by atoms with Crippen molar-refractivity contribution in [1.29, 1.82) is 0 Å². The summed E-state index contributed by atoms with van der Waals surface area (Å²) in [4.78, 5) is 27.1. The van der Waals surface area contributed by atoms with E-state index in [1.54, 1.807) is 11.3 Å². The van der Waals surface area contributed by atoms with Crippen molar-refractivity contribution < 1.29 is 9.59 Å². The van der Waals surface area contributed by atoms with E-state index in [-0.39, 0.29) is 17.9 Å². The number of hydrogen-bond acceptors (Lipinski definition) is 4. The molecule has 2 aliphatic carbocycles. The number of carbonyl (C=O) groups is 2. The molecule has 29 heavy (non-hydrogen) atoms. The van der Waals surface area contributed by atoms with Crippen LogP contribution in [0.25, 0.3) is 0 Å². The highest BCUT2D eigenvalue weighted by molar-refractivity contribution is 8.00. The minimum absolute atomic E-state index is 0.0547. The quantitative estimate of drug-likeness (QED) is 0.599. The number of amides is 2. The molecule has 1 aromatic carbocycles. The summed E-state index contributed by atoms with van der Waals surface area (Å²) >= 11 is 3.06. The van der Waals surface area contributed by atoms with Crippen molar-refractivity contribution in [2.24, 2.45) is 17.8 Å². The van der Waals surface area contributed by atoms with Gasteiger partial charge in [-0.05, 0) is 67.5 Å². The van der Waals surface area contributed by atoms with Crippen LogP contribution in [0, 0.1) is 17.8 Å². The number of carbonyl (C=O) groups excluding carboxylic acids is 2. The lowest BCUT2D eigenvalue weighted by atomic mass is 9.84. The van der Waals surface area contributed by atoms with Crippen molar-refractivity contribution in [2.45, 2.75) is 50.1 Å². The molecular formula is C23H28N2O2S2. The largest absolute Gasteiger partial charge is 0.353 e. The van der Waals surface area contributed by atoms with E-state index in [2.05, 4.69) is 17.6 Å². The Morgan fingerprint density at radius 3 is 2.76 bits per heavy atom. The van der Waals surface area contributed by atoms with E-state index in [0.29, 0.717) is 23.8 Å². The van der Waals surface area contributed by atoms with Gasteiger partial charge in [-0.15, -0.1) is 23.1 Å². The molecule has 6 heteroatoms. The Labute approximate surface area is 180 Å². The van der Waals surface area contributed by atoms with E-state index in [4.69, 9.17) is 0 Å². The summed E-state index contributed by atoms with van der Waals surface area (Å²) in [5.74, 6) is 2.61. The molecule has 0 spiro atoms. The predicted octanol–water partition coefficient (Wildman–Crippen LogP) is 4.71. The van der Waals surface area contributed by atoms with Crippen molar-refractivity contribution >= 4 is 34.9 Å². The Kier molecular flexibility index (Phi) is 6.60. The molecule has 4 nitrogen and oxygen atoms in total. The van der Waals surface area contributed by atoms with Crippen LogP contribution in [0.5, 0.6) is 0 Å². The predicted molar refractivity (Wildman–Crippen MR) is 119 cm³/mol. The molecule has 2 bridgehead atoms. The number of benzene rings is 1. The molecule has 1 aromatic heterocycles. The molecule has 1 heterocycles. The van der Waals surface area contributed by atoms with Crippen molar-refractivity contribution in [3.8, 4) is 0 Å². The van der Waals surface area contributed by atoms with Crippen molar-refractivity contribution in [2.75, 3.05) is 5.75 Å². The summed E-state index contributed by atoms with van der Waals surface area (Å²) in [6.07, 6.45) is 5.33. The molecule has 2 amide bonds. The van der Waals surface area contributed by atoms with Gasteiger partial charge in [-0.2, -0.15) is 0 Å². The molecule has 0 radical (unpaired) electrons. The van der Waals surface area contributed by atoms with E-state index in [9.17, 15) is 9.59 Å². The average Bonchev–Trinajstić information content (AvgIpc) is 3.49. The van der Waals surface area contributed by atoms with Gasteiger partial charge >= 0.3 is 0 Å². The average molecular weight is 429 g/mol. The van der Waals surface area contributed by atoms with Gasteiger partial charge in [0.15, 0.2) is 0 Å². The normalized spacial score (nSPS) is 23.7. The molecule has 2 N–H and O–H groups in total. The Balaban J connectivity index is 1.29. The fourth-order valence-electron chi connectivity index (χ4n) is 4.91. The molecular weight excluding hydrogens is 400 g/mol. The Morgan fingerprint density at radius 2 is 2.03 bits per heavy atom. The van der Waals surface area contributed by atoms with Crippen LogP contribution in [-0.2, 0) is 11.3 Å². The molecule has 2 aromatic rings. The van der Waals surface area contributed by atoms with E-state index >= 15 is 0 Å². The molecule has 0 aliphatic heterocycles. The summed E-state index contributed by atoms with van der Waals surface area (Å²) in [7, 11) is 0. The monoisotopic (exact) mass is 428 g/mol. The van der Waals surface area contributed by atoms with Gasteiger partial charge in [0.05, 0.1) is 17.9 Å². The van der Waals surface area contributed by atoms with E-state index in [1.165, 1.54) is 37.4 Å². The maximum absolute atomic E-state index is 12.6. The Morgan fingerprint density at radius 1 is 1.17 bits per heavy atom. The number of fused-ring (bicyclic) bond motifs is 2. The van der Waals surface area contributed by atoms with Crippen LogP contribution in [-0.4, -0.2) is 23.6 Å². The highest BCUT2D eigenvalue weighted by Gasteiger charge is 2.42. The van der Waals surface area contributed by atoms with Crippen LogP contribution >= 0.6 is 23.1 Å². The fourth-order valence-corrected chi connectivity index (χ4v) is 6.41. The summed E-state index contributed by atoms with van der Waals surface area (Å²) in [5, 5.41) is 8.18. The second kappa shape index (κ2) is 9.35. The van der Waals surface area contributed by atoms with Crippen LogP contribution in [0.2, 0.25) is 0 Å². The van der Waals surface area contributed by atoms with Crippen molar-refractivity contribution in [3.63, 3.8) is 0 Å². The van der Waals surface area contributed by atoms with Gasteiger partial charge in [0.2, 0.25) is 5.91 Å². The zero-order valence-electron chi connectivity index (χ0n) is 16.7. The summed E-state index contributed by atoms with van der Waals surface area (Å²) in [6.45, 7) is 2.68. The summed E-state index contributed by atoms with van der Waals surface area (Å²) in [6, 6.07) is 11.7. The van der Waals surface area contributed by atoms with Crippen LogP contribution in [0.4, 0.5) is 0 Å².